The molecule has 1 atom stereocenters. The Bertz CT molecular complexity index is 411. The summed E-state index contributed by atoms with van der Waals surface area (Å²) in [6.45, 7) is 2.27. The summed E-state index contributed by atoms with van der Waals surface area (Å²) < 4.78 is 5.12. The molecule has 0 aromatic heterocycles. The van der Waals surface area contributed by atoms with Crippen LogP contribution in [0.25, 0.3) is 0 Å². The van der Waals surface area contributed by atoms with Crippen molar-refractivity contribution in [2.24, 2.45) is 0 Å². The number of rotatable bonds is 2. The smallest absolute Gasteiger partial charge is 0.414 e. The van der Waals surface area contributed by atoms with E-state index in [9.17, 15) is 0 Å². The van der Waals surface area contributed by atoms with Gasteiger partial charge in [-0.2, -0.15) is 0 Å². The summed E-state index contributed by atoms with van der Waals surface area (Å²) in [6, 6.07) is 8.40. The molecule has 1 fully saturated rings. The lowest BCUT2D eigenvalue weighted by Crippen LogP contribution is -2.09. The fourth-order valence-electron chi connectivity index (χ4n) is 1.82. The number of hydrogen-bond donors (Lipinski definition) is 3. The predicted octanol–water partition coefficient (Wildman–Crippen LogP) is 0.928. The third-order valence-corrected chi connectivity index (χ3v) is 2.83. The van der Waals surface area contributed by atoms with Gasteiger partial charge in [0, 0.05) is 6.54 Å². The highest BCUT2D eigenvalue weighted by atomic mass is 16.5. The molecule has 0 amide bonds. The van der Waals surface area contributed by atoms with Gasteiger partial charge in [-0.3, -0.25) is 0 Å². The lowest BCUT2D eigenvalue weighted by molar-refractivity contribution is -0.159. The van der Waals surface area contributed by atoms with E-state index in [0.29, 0.717) is 5.92 Å². The molecule has 1 aromatic rings. The third-order valence-electron chi connectivity index (χ3n) is 2.83. The summed E-state index contributed by atoms with van der Waals surface area (Å²) in [5.74, 6) is -2.01. The van der Waals surface area contributed by atoms with Crippen molar-refractivity contribution in [3.8, 4) is 5.75 Å². The Hall–Kier alpha value is -2.08. The zero-order valence-corrected chi connectivity index (χ0v) is 10.6. The Balaban J connectivity index is 0.000000258. The maximum atomic E-state index is 9.10. The SMILES string of the molecule is COc1ccc([C@H]2CCNC2)cc1.O=C(O)C(=O)O. The average molecular weight is 267 g/mol. The number of carbonyl (C=O) groups is 2. The monoisotopic (exact) mass is 267 g/mol. The quantitative estimate of drug-likeness (QED) is 0.690. The Morgan fingerprint density at radius 3 is 2.16 bits per heavy atom. The Labute approximate surface area is 111 Å². The van der Waals surface area contributed by atoms with Crippen LogP contribution < -0.4 is 10.1 Å². The van der Waals surface area contributed by atoms with Crippen LogP contribution in [0.5, 0.6) is 5.75 Å². The molecule has 6 nitrogen and oxygen atoms in total. The highest BCUT2D eigenvalue weighted by molar-refractivity contribution is 6.27. The normalized spacial score (nSPS) is 17.2. The van der Waals surface area contributed by atoms with Crippen molar-refractivity contribution < 1.29 is 24.5 Å². The number of carboxylic acid groups (broad SMARTS) is 2. The topological polar surface area (TPSA) is 95.9 Å². The molecular formula is C13H17NO5. The van der Waals surface area contributed by atoms with Crippen molar-refractivity contribution >= 4 is 11.9 Å². The van der Waals surface area contributed by atoms with Gasteiger partial charge in [0.15, 0.2) is 0 Å². The molecule has 3 N–H and O–H groups in total. The summed E-state index contributed by atoms with van der Waals surface area (Å²) in [6.07, 6.45) is 1.26. The van der Waals surface area contributed by atoms with Crippen molar-refractivity contribution in [1.82, 2.24) is 5.32 Å². The van der Waals surface area contributed by atoms with Crippen LogP contribution in [-0.4, -0.2) is 42.4 Å². The molecular weight excluding hydrogens is 250 g/mol. The molecule has 6 heteroatoms. The first-order valence-electron chi connectivity index (χ1n) is 5.85. The van der Waals surface area contributed by atoms with Gasteiger partial charge in [-0.05, 0) is 36.6 Å². The summed E-state index contributed by atoms with van der Waals surface area (Å²) in [7, 11) is 1.70. The van der Waals surface area contributed by atoms with E-state index in [2.05, 4.69) is 17.4 Å². The van der Waals surface area contributed by atoms with Crippen molar-refractivity contribution in [2.45, 2.75) is 12.3 Å². The van der Waals surface area contributed by atoms with Gasteiger partial charge in [0.05, 0.1) is 7.11 Å². The molecule has 2 rings (SSSR count). The van der Waals surface area contributed by atoms with Crippen molar-refractivity contribution in [3.05, 3.63) is 29.8 Å². The molecule has 0 bridgehead atoms. The van der Waals surface area contributed by atoms with Gasteiger partial charge in [0.1, 0.15) is 5.75 Å². The van der Waals surface area contributed by atoms with Crippen LogP contribution in [0.4, 0.5) is 0 Å². The summed E-state index contributed by atoms with van der Waals surface area (Å²) in [5.41, 5.74) is 1.42. The van der Waals surface area contributed by atoms with Crippen LogP contribution in [0.3, 0.4) is 0 Å². The Kier molecular flexibility index (Phi) is 5.81. The minimum Gasteiger partial charge on any atom is -0.497 e. The van der Waals surface area contributed by atoms with E-state index in [1.807, 2.05) is 12.1 Å². The van der Waals surface area contributed by atoms with Crippen molar-refractivity contribution in [3.63, 3.8) is 0 Å². The second-order valence-electron chi connectivity index (χ2n) is 4.07. The highest BCUT2D eigenvalue weighted by Gasteiger charge is 2.15. The molecule has 19 heavy (non-hydrogen) atoms. The lowest BCUT2D eigenvalue weighted by atomic mass is 9.99. The van der Waals surface area contributed by atoms with Gasteiger partial charge in [-0.25, -0.2) is 9.59 Å². The number of aliphatic carboxylic acids is 2. The number of benzene rings is 1. The molecule has 1 heterocycles. The third kappa shape index (κ3) is 4.97. The molecule has 104 valence electrons. The van der Waals surface area contributed by atoms with Gasteiger partial charge in [-0.1, -0.05) is 12.1 Å². The minimum absolute atomic E-state index is 0.700. The molecule has 0 spiro atoms. The molecule has 0 saturated carbocycles. The van der Waals surface area contributed by atoms with Gasteiger partial charge >= 0.3 is 11.9 Å². The maximum absolute atomic E-state index is 9.10. The van der Waals surface area contributed by atoms with E-state index in [1.54, 1.807) is 7.11 Å². The van der Waals surface area contributed by atoms with E-state index in [-0.39, 0.29) is 0 Å². The first-order chi connectivity index (χ1) is 9.04. The molecule has 1 aromatic carbocycles. The van der Waals surface area contributed by atoms with Crippen LogP contribution in [0, 0.1) is 0 Å². The molecule has 0 radical (unpaired) electrons. The molecule has 1 aliphatic heterocycles. The van der Waals surface area contributed by atoms with Gasteiger partial charge in [0.25, 0.3) is 0 Å². The Morgan fingerprint density at radius 1 is 1.21 bits per heavy atom. The number of nitrogens with one attached hydrogen (secondary N) is 1. The van der Waals surface area contributed by atoms with Crippen molar-refractivity contribution in [1.29, 1.82) is 0 Å². The van der Waals surface area contributed by atoms with Crippen LogP contribution in [0.15, 0.2) is 24.3 Å². The van der Waals surface area contributed by atoms with E-state index in [4.69, 9.17) is 24.5 Å². The Morgan fingerprint density at radius 2 is 1.79 bits per heavy atom. The zero-order chi connectivity index (χ0) is 14.3. The van der Waals surface area contributed by atoms with E-state index in [0.717, 1.165) is 18.8 Å². The fraction of sp³-hybridized carbons (Fsp3) is 0.385. The van der Waals surface area contributed by atoms with Crippen LogP contribution >= 0.6 is 0 Å². The van der Waals surface area contributed by atoms with Crippen LogP contribution in [0.1, 0.15) is 17.9 Å². The van der Waals surface area contributed by atoms with E-state index >= 15 is 0 Å². The first kappa shape index (κ1) is 15.0. The second kappa shape index (κ2) is 7.38. The number of hydrogen-bond acceptors (Lipinski definition) is 4. The minimum atomic E-state index is -1.82. The first-order valence-corrected chi connectivity index (χ1v) is 5.85. The number of methoxy groups -OCH3 is 1. The summed E-state index contributed by atoms with van der Waals surface area (Å²) in [5, 5.41) is 18.2. The van der Waals surface area contributed by atoms with Gasteiger partial charge in [0.2, 0.25) is 0 Å². The highest BCUT2D eigenvalue weighted by Crippen LogP contribution is 2.23. The molecule has 1 aliphatic rings. The number of ether oxygens (including phenoxy) is 1. The van der Waals surface area contributed by atoms with E-state index < -0.39 is 11.9 Å². The lowest BCUT2D eigenvalue weighted by Gasteiger charge is -2.08. The van der Waals surface area contributed by atoms with Crippen molar-refractivity contribution in [2.75, 3.05) is 20.2 Å². The molecule has 0 aliphatic carbocycles. The standard InChI is InChI=1S/C11H15NO.C2H2O4/c1-13-11-4-2-9(3-5-11)10-6-7-12-8-10;3-1(4)2(5)6/h2-5,10,12H,6-8H2,1H3;(H,3,4)(H,5,6)/t10-;/m0./s1. The maximum Gasteiger partial charge on any atom is 0.414 e. The largest absolute Gasteiger partial charge is 0.497 e. The van der Waals surface area contributed by atoms with E-state index in [1.165, 1.54) is 12.0 Å². The predicted molar refractivity (Wildman–Crippen MR) is 68.5 cm³/mol. The second-order valence-corrected chi connectivity index (χ2v) is 4.07. The number of carboxylic acids is 2. The van der Waals surface area contributed by atoms with Gasteiger partial charge < -0.3 is 20.3 Å². The summed E-state index contributed by atoms with van der Waals surface area (Å²) in [4.78, 5) is 18.2. The zero-order valence-electron chi connectivity index (χ0n) is 10.6. The van der Waals surface area contributed by atoms with Gasteiger partial charge in [-0.15, -0.1) is 0 Å². The molecule has 1 saturated heterocycles. The summed E-state index contributed by atoms with van der Waals surface area (Å²) >= 11 is 0. The fourth-order valence-corrected chi connectivity index (χ4v) is 1.82. The van der Waals surface area contributed by atoms with Crippen LogP contribution in [-0.2, 0) is 9.59 Å². The molecule has 0 unspecified atom stereocenters. The van der Waals surface area contributed by atoms with Crippen LogP contribution in [0.2, 0.25) is 0 Å². The average Bonchev–Trinajstić information content (AvgIpc) is 2.93.